The summed E-state index contributed by atoms with van der Waals surface area (Å²) < 4.78 is 20.2. The van der Waals surface area contributed by atoms with Gasteiger partial charge in [0.1, 0.15) is 5.82 Å². The predicted molar refractivity (Wildman–Crippen MR) is 245 cm³/mol. The number of aromatic nitrogens is 1. The van der Waals surface area contributed by atoms with E-state index < -0.39 is 0 Å². The molecule has 4 heteroatoms. The van der Waals surface area contributed by atoms with E-state index in [0.29, 0.717) is 5.39 Å². The van der Waals surface area contributed by atoms with E-state index in [1.54, 1.807) is 12.1 Å². The van der Waals surface area contributed by atoms with Crippen LogP contribution in [0.1, 0.15) is 0 Å². The number of halogens is 1. The van der Waals surface area contributed by atoms with Crippen LogP contribution in [0.15, 0.2) is 212 Å². The minimum Gasteiger partial charge on any atom is -0.311 e. The summed E-state index contributed by atoms with van der Waals surface area (Å²) in [6, 6.07) is 74.3. The summed E-state index contributed by atoms with van der Waals surface area (Å²) in [4.78, 5) is 2.32. The van der Waals surface area contributed by atoms with Crippen LogP contribution in [0.4, 0.5) is 21.5 Å². The molecule has 0 bridgehead atoms. The van der Waals surface area contributed by atoms with Crippen molar-refractivity contribution < 1.29 is 4.39 Å². The Morgan fingerprint density at radius 3 is 1.62 bits per heavy atom. The van der Waals surface area contributed by atoms with E-state index in [4.69, 9.17) is 0 Å². The van der Waals surface area contributed by atoms with E-state index in [1.165, 1.54) is 42.4 Å². The van der Waals surface area contributed by atoms with Crippen molar-refractivity contribution in [1.29, 1.82) is 0 Å². The Bertz CT molecular complexity index is 3270. The van der Waals surface area contributed by atoms with E-state index in [-0.39, 0.29) is 5.82 Å². The van der Waals surface area contributed by atoms with Crippen LogP contribution in [0.3, 0.4) is 0 Å². The van der Waals surface area contributed by atoms with Gasteiger partial charge in [-0.15, -0.1) is 11.3 Å². The lowest BCUT2D eigenvalue weighted by Gasteiger charge is -2.26. The SMILES string of the molecule is Fc1cccc2c1c1ccccc1n2-c1ccccc1-c1ccc(N(c2ccc(-c3ccccc3)cc2)c2ccc(-c3cccc4sc5ccccc5c34)cc2)cc1. The summed E-state index contributed by atoms with van der Waals surface area (Å²) >= 11 is 1.85. The molecule has 11 aromatic rings. The summed E-state index contributed by atoms with van der Waals surface area (Å²) in [5, 5.41) is 4.16. The number of hydrogen-bond acceptors (Lipinski definition) is 2. The Morgan fingerprint density at radius 2 is 0.879 bits per heavy atom. The second kappa shape index (κ2) is 14.0. The first-order valence-electron chi connectivity index (χ1n) is 19.5. The maximum absolute atomic E-state index is 15.4. The van der Waals surface area contributed by atoms with Gasteiger partial charge in [0.2, 0.25) is 0 Å². The van der Waals surface area contributed by atoms with Gasteiger partial charge >= 0.3 is 0 Å². The number of rotatable bonds is 7. The monoisotopic (exact) mass is 762 g/mol. The van der Waals surface area contributed by atoms with Gasteiger partial charge in [-0.2, -0.15) is 0 Å². The van der Waals surface area contributed by atoms with Crippen LogP contribution in [-0.4, -0.2) is 4.57 Å². The van der Waals surface area contributed by atoms with Gasteiger partial charge in [-0.3, -0.25) is 0 Å². The van der Waals surface area contributed by atoms with Gasteiger partial charge in [-0.25, -0.2) is 4.39 Å². The number of hydrogen-bond donors (Lipinski definition) is 0. The normalized spacial score (nSPS) is 11.5. The first kappa shape index (κ1) is 34.0. The number of thiophene rings is 1. The minimum absolute atomic E-state index is 0.212. The molecule has 11 rings (SSSR count). The summed E-state index contributed by atoms with van der Waals surface area (Å²) in [5.74, 6) is -0.212. The Morgan fingerprint density at radius 1 is 0.362 bits per heavy atom. The second-order valence-corrected chi connectivity index (χ2v) is 15.7. The van der Waals surface area contributed by atoms with E-state index in [9.17, 15) is 0 Å². The standard InChI is InChI=1S/C54H35FN2S/c55-47-18-11-21-50-54(47)45-15-5-8-20-49(45)57(50)48-19-7-4-14-43(48)38-26-32-41(33-27-38)56(40-30-24-37(25-31-40)36-12-2-1-3-13-36)42-34-28-39(29-35-42)44-17-10-23-52-53(44)46-16-6-9-22-51(46)58-52/h1-35H. The lowest BCUT2D eigenvalue weighted by atomic mass is 9.99. The third-order valence-electron chi connectivity index (χ3n) is 11.3. The lowest BCUT2D eigenvalue weighted by Crippen LogP contribution is -2.09. The van der Waals surface area contributed by atoms with Crippen LogP contribution in [0.25, 0.3) is 81.0 Å². The van der Waals surface area contributed by atoms with Crippen LogP contribution < -0.4 is 4.90 Å². The third kappa shape index (κ3) is 5.69. The molecule has 0 aliphatic heterocycles. The van der Waals surface area contributed by atoms with Crippen LogP contribution in [-0.2, 0) is 0 Å². The molecular weight excluding hydrogens is 728 g/mol. The van der Waals surface area contributed by atoms with Crippen LogP contribution >= 0.6 is 11.3 Å². The molecule has 0 aliphatic carbocycles. The van der Waals surface area contributed by atoms with Crippen molar-refractivity contribution in [2.75, 3.05) is 4.90 Å². The van der Waals surface area contributed by atoms with Crippen molar-refractivity contribution in [2.45, 2.75) is 0 Å². The molecule has 274 valence electrons. The number of benzene rings is 9. The topological polar surface area (TPSA) is 8.17 Å². The molecule has 9 aromatic carbocycles. The van der Waals surface area contributed by atoms with Gasteiger partial charge in [0.05, 0.1) is 16.7 Å². The molecule has 0 atom stereocenters. The van der Waals surface area contributed by atoms with Crippen molar-refractivity contribution >= 4 is 70.4 Å². The zero-order chi connectivity index (χ0) is 38.6. The zero-order valence-electron chi connectivity index (χ0n) is 31.4. The first-order valence-corrected chi connectivity index (χ1v) is 20.4. The third-order valence-corrected chi connectivity index (χ3v) is 12.4. The van der Waals surface area contributed by atoms with Crippen molar-refractivity contribution in [1.82, 2.24) is 4.57 Å². The maximum Gasteiger partial charge on any atom is 0.133 e. The molecule has 0 aliphatic rings. The van der Waals surface area contributed by atoms with Gasteiger partial charge in [0.25, 0.3) is 0 Å². The summed E-state index contributed by atoms with van der Waals surface area (Å²) in [5.41, 5.74) is 13.0. The highest BCUT2D eigenvalue weighted by molar-refractivity contribution is 7.25. The van der Waals surface area contributed by atoms with Crippen molar-refractivity contribution in [3.05, 3.63) is 218 Å². The van der Waals surface area contributed by atoms with Crippen molar-refractivity contribution in [2.24, 2.45) is 0 Å². The largest absolute Gasteiger partial charge is 0.311 e. The van der Waals surface area contributed by atoms with Gasteiger partial charge in [-0.05, 0) is 101 Å². The van der Waals surface area contributed by atoms with Gasteiger partial charge in [0.15, 0.2) is 0 Å². The molecule has 0 saturated carbocycles. The molecule has 0 radical (unpaired) electrons. The number of nitrogens with zero attached hydrogens (tertiary/aromatic N) is 2. The highest BCUT2D eigenvalue weighted by Gasteiger charge is 2.19. The number of anilines is 3. The average Bonchev–Trinajstić information content (AvgIpc) is 3.84. The molecule has 0 spiro atoms. The summed E-state index contributed by atoms with van der Waals surface area (Å²) in [7, 11) is 0. The van der Waals surface area contributed by atoms with E-state index >= 15 is 4.39 Å². The molecule has 2 aromatic heterocycles. The smallest absolute Gasteiger partial charge is 0.133 e. The fourth-order valence-electron chi connectivity index (χ4n) is 8.62. The summed E-state index contributed by atoms with van der Waals surface area (Å²) in [6.45, 7) is 0. The Labute approximate surface area is 339 Å². The summed E-state index contributed by atoms with van der Waals surface area (Å²) in [6.07, 6.45) is 0. The fraction of sp³-hybridized carbons (Fsp3) is 0. The van der Waals surface area contributed by atoms with E-state index in [2.05, 4.69) is 185 Å². The van der Waals surface area contributed by atoms with E-state index in [1.807, 2.05) is 35.6 Å². The quantitative estimate of drug-likeness (QED) is 0.157. The molecule has 2 nitrogen and oxygen atoms in total. The minimum atomic E-state index is -0.212. The Balaban J connectivity index is 1.01. The number of para-hydroxylation sites is 2. The second-order valence-electron chi connectivity index (χ2n) is 14.6. The molecule has 0 unspecified atom stereocenters. The number of fused-ring (bicyclic) bond motifs is 6. The van der Waals surface area contributed by atoms with Crippen LogP contribution in [0, 0.1) is 5.82 Å². The molecule has 0 saturated heterocycles. The fourth-order valence-corrected chi connectivity index (χ4v) is 9.76. The highest BCUT2D eigenvalue weighted by Crippen LogP contribution is 2.43. The van der Waals surface area contributed by atoms with E-state index in [0.717, 1.165) is 50.3 Å². The van der Waals surface area contributed by atoms with Gasteiger partial charge < -0.3 is 9.47 Å². The Hall–Kier alpha value is -7.27. The molecule has 0 fully saturated rings. The predicted octanol–water partition coefficient (Wildman–Crippen LogP) is 15.8. The van der Waals surface area contributed by atoms with Crippen LogP contribution in [0.2, 0.25) is 0 Å². The Kier molecular flexibility index (Phi) is 8.23. The molecule has 0 amide bonds. The average molecular weight is 763 g/mol. The first-order chi connectivity index (χ1) is 28.7. The zero-order valence-corrected chi connectivity index (χ0v) is 32.2. The van der Waals surface area contributed by atoms with Crippen molar-refractivity contribution in [3.63, 3.8) is 0 Å². The lowest BCUT2D eigenvalue weighted by molar-refractivity contribution is 0.640. The maximum atomic E-state index is 15.4. The molecule has 2 heterocycles. The van der Waals surface area contributed by atoms with Gasteiger partial charge in [0, 0.05) is 53.6 Å². The van der Waals surface area contributed by atoms with Crippen molar-refractivity contribution in [3.8, 4) is 39.1 Å². The molecule has 58 heavy (non-hydrogen) atoms. The molecule has 0 N–H and O–H groups in total. The van der Waals surface area contributed by atoms with Gasteiger partial charge in [-0.1, -0.05) is 140 Å². The highest BCUT2D eigenvalue weighted by atomic mass is 32.1. The molecular formula is C54H35FN2S. The van der Waals surface area contributed by atoms with Crippen LogP contribution in [0.5, 0.6) is 0 Å².